The molecule has 5 heteroatoms. The zero-order valence-electron chi connectivity index (χ0n) is 16.2. The SMILES string of the molecule is C=C(C)COc1ccccc1NCC(=O)Nc1cccc(OCC(C)C)c1. The van der Waals surface area contributed by atoms with Gasteiger partial charge in [-0.05, 0) is 42.7 Å². The molecule has 1 amide bonds. The number of hydrogen-bond acceptors (Lipinski definition) is 4. The minimum Gasteiger partial charge on any atom is -0.493 e. The molecule has 0 radical (unpaired) electrons. The molecule has 0 unspecified atom stereocenters. The van der Waals surface area contributed by atoms with Gasteiger partial charge in [-0.2, -0.15) is 0 Å². The van der Waals surface area contributed by atoms with E-state index in [9.17, 15) is 4.79 Å². The van der Waals surface area contributed by atoms with Crippen LogP contribution in [0, 0.1) is 5.92 Å². The quantitative estimate of drug-likeness (QED) is 0.596. The Kier molecular flexibility index (Phi) is 7.74. The topological polar surface area (TPSA) is 59.6 Å². The second kappa shape index (κ2) is 10.3. The molecule has 2 N–H and O–H groups in total. The molecule has 0 bridgehead atoms. The van der Waals surface area contributed by atoms with Crippen molar-refractivity contribution >= 4 is 17.3 Å². The highest BCUT2D eigenvalue weighted by atomic mass is 16.5. The third-order valence-electron chi connectivity index (χ3n) is 3.50. The lowest BCUT2D eigenvalue weighted by Gasteiger charge is -2.14. The van der Waals surface area contributed by atoms with Gasteiger partial charge in [0, 0.05) is 11.8 Å². The number of carbonyl (C=O) groups excluding carboxylic acids is 1. The number of carbonyl (C=O) groups is 1. The fourth-order valence-corrected chi connectivity index (χ4v) is 2.25. The second-order valence-electron chi connectivity index (χ2n) is 6.88. The molecular weight excluding hydrogens is 340 g/mol. The lowest BCUT2D eigenvalue weighted by Crippen LogP contribution is -2.22. The van der Waals surface area contributed by atoms with Gasteiger partial charge in [-0.15, -0.1) is 0 Å². The van der Waals surface area contributed by atoms with Crippen LogP contribution in [0.3, 0.4) is 0 Å². The Balaban J connectivity index is 1.90. The van der Waals surface area contributed by atoms with Crippen LogP contribution >= 0.6 is 0 Å². The first-order valence-electron chi connectivity index (χ1n) is 9.07. The fourth-order valence-electron chi connectivity index (χ4n) is 2.25. The second-order valence-corrected chi connectivity index (χ2v) is 6.88. The summed E-state index contributed by atoms with van der Waals surface area (Å²) in [6.45, 7) is 11.1. The fraction of sp³-hybridized carbons (Fsp3) is 0.318. The van der Waals surface area contributed by atoms with E-state index in [0.717, 1.165) is 17.0 Å². The minimum absolute atomic E-state index is 0.129. The third-order valence-corrected chi connectivity index (χ3v) is 3.50. The van der Waals surface area contributed by atoms with Crippen molar-refractivity contribution in [1.29, 1.82) is 0 Å². The van der Waals surface area contributed by atoms with Gasteiger partial charge in [-0.3, -0.25) is 4.79 Å². The van der Waals surface area contributed by atoms with Crippen molar-refractivity contribution in [2.75, 3.05) is 30.4 Å². The van der Waals surface area contributed by atoms with Crippen LogP contribution in [0.2, 0.25) is 0 Å². The van der Waals surface area contributed by atoms with E-state index < -0.39 is 0 Å². The Labute approximate surface area is 161 Å². The van der Waals surface area contributed by atoms with Crippen molar-refractivity contribution in [1.82, 2.24) is 0 Å². The standard InChI is InChI=1S/C22H28N2O3/c1-16(2)14-26-19-9-7-8-18(12-19)24-22(25)13-23-20-10-5-6-11-21(20)27-15-17(3)4/h5-12,16,23H,3,13-15H2,1-2,4H3,(H,24,25). The molecule has 0 saturated carbocycles. The number of ether oxygens (including phenoxy) is 2. The molecule has 2 aromatic rings. The van der Waals surface area contributed by atoms with E-state index in [1.165, 1.54) is 0 Å². The molecule has 2 aromatic carbocycles. The molecular formula is C22H28N2O3. The summed E-state index contributed by atoms with van der Waals surface area (Å²) in [6, 6.07) is 14.9. The summed E-state index contributed by atoms with van der Waals surface area (Å²) in [5.41, 5.74) is 2.40. The monoisotopic (exact) mass is 368 g/mol. The van der Waals surface area contributed by atoms with Crippen molar-refractivity contribution in [3.8, 4) is 11.5 Å². The van der Waals surface area contributed by atoms with Gasteiger partial charge in [0.05, 0.1) is 18.8 Å². The first-order chi connectivity index (χ1) is 12.9. The number of anilines is 2. The molecule has 0 fully saturated rings. The van der Waals surface area contributed by atoms with Crippen LogP contribution in [0.25, 0.3) is 0 Å². The summed E-state index contributed by atoms with van der Waals surface area (Å²) >= 11 is 0. The third kappa shape index (κ3) is 7.44. The number of hydrogen-bond donors (Lipinski definition) is 2. The molecule has 0 aromatic heterocycles. The van der Waals surface area contributed by atoms with Crippen molar-refractivity contribution in [3.05, 3.63) is 60.7 Å². The Morgan fingerprint density at radius 1 is 1.11 bits per heavy atom. The van der Waals surface area contributed by atoms with Crippen LogP contribution in [0.15, 0.2) is 60.7 Å². The zero-order valence-corrected chi connectivity index (χ0v) is 16.2. The molecule has 5 nitrogen and oxygen atoms in total. The van der Waals surface area contributed by atoms with Gasteiger partial charge in [0.15, 0.2) is 0 Å². The molecule has 0 atom stereocenters. The van der Waals surface area contributed by atoms with Crippen molar-refractivity contribution in [2.45, 2.75) is 20.8 Å². The van der Waals surface area contributed by atoms with Crippen molar-refractivity contribution in [2.24, 2.45) is 5.92 Å². The van der Waals surface area contributed by atoms with Crippen LogP contribution in [-0.4, -0.2) is 25.7 Å². The number of nitrogens with one attached hydrogen (secondary N) is 2. The minimum atomic E-state index is -0.147. The number of amides is 1. The van der Waals surface area contributed by atoms with E-state index in [0.29, 0.717) is 30.6 Å². The largest absolute Gasteiger partial charge is 0.493 e. The van der Waals surface area contributed by atoms with Gasteiger partial charge in [-0.25, -0.2) is 0 Å². The maximum absolute atomic E-state index is 12.3. The number of rotatable bonds is 10. The predicted molar refractivity (Wildman–Crippen MR) is 111 cm³/mol. The molecule has 0 aliphatic carbocycles. The van der Waals surface area contributed by atoms with Gasteiger partial charge in [-0.1, -0.05) is 38.6 Å². The Morgan fingerprint density at radius 2 is 1.89 bits per heavy atom. The summed E-state index contributed by atoms with van der Waals surface area (Å²) in [7, 11) is 0. The van der Waals surface area contributed by atoms with Gasteiger partial charge >= 0.3 is 0 Å². The smallest absolute Gasteiger partial charge is 0.243 e. The van der Waals surface area contributed by atoms with Crippen molar-refractivity contribution in [3.63, 3.8) is 0 Å². The first kappa shape index (κ1) is 20.4. The van der Waals surface area contributed by atoms with Gasteiger partial charge in [0.2, 0.25) is 5.91 Å². The van der Waals surface area contributed by atoms with Crippen LogP contribution in [0.5, 0.6) is 11.5 Å². The Bertz CT molecular complexity index is 772. The molecule has 2 rings (SSSR count). The van der Waals surface area contributed by atoms with E-state index in [1.54, 1.807) is 0 Å². The van der Waals surface area contributed by atoms with Crippen LogP contribution in [0.4, 0.5) is 11.4 Å². The Morgan fingerprint density at radius 3 is 2.63 bits per heavy atom. The highest BCUT2D eigenvalue weighted by Crippen LogP contribution is 2.24. The summed E-state index contributed by atoms with van der Waals surface area (Å²) in [5.74, 6) is 1.73. The normalized spacial score (nSPS) is 10.4. The first-order valence-corrected chi connectivity index (χ1v) is 9.07. The average molecular weight is 368 g/mol. The number of para-hydroxylation sites is 2. The summed E-state index contributed by atoms with van der Waals surface area (Å²) in [4.78, 5) is 12.3. The van der Waals surface area contributed by atoms with E-state index in [1.807, 2.05) is 55.5 Å². The molecule has 27 heavy (non-hydrogen) atoms. The predicted octanol–water partition coefficient (Wildman–Crippen LogP) is 4.73. The molecule has 0 aliphatic rings. The van der Waals surface area contributed by atoms with Crippen LogP contribution in [-0.2, 0) is 4.79 Å². The Hall–Kier alpha value is -2.95. The van der Waals surface area contributed by atoms with E-state index in [4.69, 9.17) is 9.47 Å². The molecule has 0 saturated heterocycles. The highest BCUT2D eigenvalue weighted by molar-refractivity contribution is 5.94. The van der Waals surface area contributed by atoms with Gasteiger partial charge < -0.3 is 20.1 Å². The molecule has 0 spiro atoms. The maximum Gasteiger partial charge on any atom is 0.243 e. The highest BCUT2D eigenvalue weighted by Gasteiger charge is 2.07. The van der Waals surface area contributed by atoms with Crippen LogP contribution < -0.4 is 20.1 Å². The van der Waals surface area contributed by atoms with Crippen LogP contribution in [0.1, 0.15) is 20.8 Å². The van der Waals surface area contributed by atoms with Gasteiger partial charge in [0.1, 0.15) is 18.1 Å². The average Bonchev–Trinajstić information content (AvgIpc) is 2.64. The van der Waals surface area contributed by atoms with E-state index in [2.05, 4.69) is 31.1 Å². The molecule has 0 heterocycles. The maximum atomic E-state index is 12.3. The summed E-state index contributed by atoms with van der Waals surface area (Å²) < 4.78 is 11.4. The summed E-state index contributed by atoms with van der Waals surface area (Å²) in [6.07, 6.45) is 0. The number of benzene rings is 2. The van der Waals surface area contributed by atoms with Gasteiger partial charge in [0.25, 0.3) is 0 Å². The zero-order chi connectivity index (χ0) is 19.6. The van der Waals surface area contributed by atoms with E-state index >= 15 is 0 Å². The lowest BCUT2D eigenvalue weighted by atomic mass is 10.2. The molecule has 0 aliphatic heterocycles. The summed E-state index contributed by atoms with van der Waals surface area (Å²) in [5, 5.41) is 5.99. The van der Waals surface area contributed by atoms with Crippen molar-refractivity contribution < 1.29 is 14.3 Å². The molecule has 144 valence electrons. The lowest BCUT2D eigenvalue weighted by molar-refractivity contribution is -0.114. The van der Waals surface area contributed by atoms with E-state index in [-0.39, 0.29) is 12.5 Å².